The van der Waals surface area contributed by atoms with Crippen LogP contribution in [-0.4, -0.2) is 39.6 Å². The lowest BCUT2D eigenvalue weighted by Gasteiger charge is -2.25. The summed E-state index contributed by atoms with van der Waals surface area (Å²) in [5, 5.41) is 19.1. The molecule has 1 amide bonds. The number of aromatic carboxylic acids is 1. The van der Waals surface area contributed by atoms with Crippen LogP contribution in [0.1, 0.15) is 45.8 Å². The fourth-order valence-electron chi connectivity index (χ4n) is 3.57. The number of carbonyl (C=O) groups is 2. The van der Waals surface area contributed by atoms with Crippen LogP contribution in [-0.2, 0) is 17.6 Å². The number of aryl methyl sites for hydroxylation is 1. The first-order valence-electron chi connectivity index (χ1n) is 9.02. The number of rotatable bonds is 8. The Morgan fingerprint density at radius 2 is 2.07 bits per heavy atom. The Bertz CT molecular complexity index is 815. The number of hydrogen-bond donors (Lipinski definition) is 2. The van der Waals surface area contributed by atoms with Gasteiger partial charge in [0.25, 0.3) is 0 Å². The number of phenols is 1. The van der Waals surface area contributed by atoms with E-state index in [4.69, 9.17) is 16.7 Å². The van der Waals surface area contributed by atoms with Gasteiger partial charge in [-0.1, -0.05) is 11.6 Å². The smallest absolute Gasteiger partial charge is 0.345 e. The van der Waals surface area contributed by atoms with Crippen molar-refractivity contribution in [2.24, 2.45) is 0 Å². The van der Waals surface area contributed by atoms with Crippen molar-refractivity contribution in [1.29, 1.82) is 0 Å². The minimum Gasteiger partial charge on any atom is -0.508 e. The number of carboxylic acids is 1. The molecule has 1 fully saturated rings. The second-order valence-corrected chi connectivity index (χ2v) is 8.42. The first-order valence-corrected chi connectivity index (χ1v) is 10.2. The molecule has 3 rings (SSSR count). The van der Waals surface area contributed by atoms with Gasteiger partial charge in [-0.05, 0) is 68.0 Å². The molecular weight excluding hydrogens is 386 g/mol. The maximum Gasteiger partial charge on any atom is 0.345 e. The number of aromatic hydroxyl groups is 1. The predicted octanol–water partition coefficient (Wildman–Crippen LogP) is 4.36. The molecule has 1 aliphatic rings. The molecule has 0 radical (unpaired) electrons. The average molecular weight is 408 g/mol. The van der Waals surface area contributed by atoms with Crippen LogP contribution >= 0.6 is 22.9 Å². The van der Waals surface area contributed by atoms with E-state index in [1.165, 1.54) is 17.4 Å². The Morgan fingerprint density at radius 3 is 2.78 bits per heavy atom. The van der Waals surface area contributed by atoms with Gasteiger partial charge < -0.3 is 15.1 Å². The summed E-state index contributed by atoms with van der Waals surface area (Å²) in [6, 6.07) is 8.73. The highest BCUT2D eigenvalue weighted by Gasteiger charge is 2.30. The van der Waals surface area contributed by atoms with Gasteiger partial charge in [-0.25, -0.2) is 4.79 Å². The fourth-order valence-corrected chi connectivity index (χ4v) is 4.71. The Balaban J connectivity index is 1.51. The minimum atomic E-state index is -0.883. The molecule has 0 spiro atoms. The van der Waals surface area contributed by atoms with Gasteiger partial charge in [0.15, 0.2) is 0 Å². The highest BCUT2D eigenvalue weighted by molar-refractivity contribution is 7.13. The van der Waals surface area contributed by atoms with Crippen molar-refractivity contribution in [3.05, 3.63) is 50.7 Å². The van der Waals surface area contributed by atoms with Gasteiger partial charge in [0.2, 0.25) is 5.91 Å². The van der Waals surface area contributed by atoms with E-state index in [1.807, 2.05) is 17.0 Å². The third-order valence-corrected chi connectivity index (χ3v) is 6.22. The van der Waals surface area contributed by atoms with Crippen LogP contribution in [0.15, 0.2) is 30.3 Å². The zero-order valence-corrected chi connectivity index (χ0v) is 16.4. The molecular formula is C20H22ClNO4S. The number of hydrogen-bond acceptors (Lipinski definition) is 4. The molecule has 7 heteroatoms. The van der Waals surface area contributed by atoms with E-state index in [1.54, 1.807) is 12.1 Å². The number of nitrogens with zero attached hydrogens (tertiary/aromatic N) is 1. The molecule has 0 saturated carbocycles. The monoisotopic (exact) mass is 407 g/mol. The van der Waals surface area contributed by atoms with Gasteiger partial charge in [-0.2, -0.15) is 0 Å². The second kappa shape index (κ2) is 8.76. The summed E-state index contributed by atoms with van der Waals surface area (Å²) in [5.41, 5.74) is 0.915. The lowest BCUT2D eigenvalue weighted by atomic mass is 10.1. The standard InChI is InChI=1S/C20H22ClNO4S/c21-14-10-13(11-16(23)12-14)8-9-22-15(4-7-19(22)24)2-1-3-17-5-6-18(27-17)20(25)26/h5-6,10-12,15,23H,1-4,7-9H2,(H,25,26). The number of amides is 1. The molecule has 1 saturated heterocycles. The number of benzene rings is 1. The molecule has 144 valence electrons. The molecule has 0 aliphatic carbocycles. The zero-order valence-electron chi connectivity index (χ0n) is 14.9. The number of thiophene rings is 1. The van der Waals surface area contributed by atoms with Crippen LogP contribution in [0.3, 0.4) is 0 Å². The third-order valence-electron chi connectivity index (χ3n) is 4.87. The highest BCUT2D eigenvalue weighted by Crippen LogP contribution is 2.26. The fraction of sp³-hybridized carbons (Fsp3) is 0.400. The highest BCUT2D eigenvalue weighted by atomic mass is 35.5. The maximum atomic E-state index is 12.2. The molecule has 1 atom stereocenters. The van der Waals surface area contributed by atoms with Crippen LogP contribution in [0.25, 0.3) is 0 Å². The summed E-state index contributed by atoms with van der Waals surface area (Å²) in [7, 11) is 0. The Hall–Kier alpha value is -2.05. The summed E-state index contributed by atoms with van der Waals surface area (Å²) in [6.07, 6.45) is 4.76. The number of likely N-dealkylation sites (tertiary alicyclic amines) is 1. The van der Waals surface area contributed by atoms with Crippen molar-refractivity contribution in [2.75, 3.05) is 6.54 Å². The van der Waals surface area contributed by atoms with Gasteiger partial charge in [0, 0.05) is 28.9 Å². The number of carbonyl (C=O) groups excluding carboxylic acids is 1. The van der Waals surface area contributed by atoms with E-state index in [9.17, 15) is 14.7 Å². The number of halogens is 1. The molecule has 1 aromatic heterocycles. The second-order valence-electron chi connectivity index (χ2n) is 6.81. The van der Waals surface area contributed by atoms with Crippen molar-refractivity contribution in [1.82, 2.24) is 4.90 Å². The summed E-state index contributed by atoms with van der Waals surface area (Å²) >= 11 is 7.29. The predicted molar refractivity (Wildman–Crippen MR) is 106 cm³/mol. The van der Waals surface area contributed by atoms with Gasteiger partial charge in [0.1, 0.15) is 10.6 Å². The average Bonchev–Trinajstić information content (AvgIpc) is 3.20. The quantitative estimate of drug-likeness (QED) is 0.681. The summed E-state index contributed by atoms with van der Waals surface area (Å²) in [5.74, 6) is -0.570. The van der Waals surface area contributed by atoms with Crippen molar-refractivity contribution < 1.29 is 19.8 Å². The molecule has 0 bridgehead atoms. The number of carboxylic acid groups (broad SMARTS) is 1. The van der Waals surface area contributed by atoms with Crippen molar-refractivity contribution in [2.45, 2.75) is 44.6 Å². The molecule has 2 aromatic rings. The third kappa shape index (κ3) is 5.23. The van der Waals surface area contributed by atoms with Gasteiger partial charge in [0.05, 0.1) is 0 Å². The van der Waals surface area contributed by atoms with Gasteiger partial charge in [-0.15, -0.1) is 11.3 Å². The topological polar surface area (TPSA) is 77.8 Å². The summed E-state index contributed by atoms with van der Waals surface area (Å²) in [4.78, 5) is 26.6. The van der Waals surface area contributed by atoms with Gasteiger partial charge in [-0.3, -0.25) is 4.79 Å². The SMILES string of the molecule is O=C(O)c1ccc(CCCC2CCC(=O)N2CCc2cc(O)cc(Cl)c2)s1. The van der Waals surface area contributed by atoms with Crippen LogP contribution in [0, 0.1) is 0 Å². The van der Waals surface area contributed by atoms with E-state index in [0.29, 0.717) is 29.3 Å². The Labute approximate surface area is 167 Å². The molecule has 1 unspecified atom stereocenters. The van der Waals surface area contributed by atoms with Gasteiger partial charge >= 0.3 is 5.97 Å². The molecule has 2 heterocycles. The zero-order chi connectivity index (χ0) is 19.4. The van der Waals surface area contributed by atoms with E-state index in [-0.39, 0.29) is 17.7 Å². The Kier molecular flexibility index (Phi) is 6.39. The molecule has 2 N–H and O–H groups in total. The summed E-state index contributed by atoms with van der Waals surface area (Å²) in [6.45, 7) is 0.617. The van der Waals surface area contributed by atoms with E-state index < -0.39 is 5.97 Å². The van der Waals surface area contributed by atoms with Crippen LogP contribution in [0.2, 0.25) is 5.02 Å². The largest absolute Gasteiger partial charge is 0.508 e. The molecule has 1 aliphatic heterocycles. The van der Waals surface area contributed by atoms with Crippen LogP contribution in [0.4, 0.5) is 0 Å². The van der Waals surface area contributed by atoms with Crippen molar-refractivity contribution >= 4 is 34.8 Å². The molecule has 5 nitrogen and oxygen atoms in total. The maximum absolute atomic E-state index is 12.2. The minimum absolute atomic E-state index is 0.137. The van der Waals surface area contributed by atoms with E-state index in [2.05, 4.69) is 0 Å². The first kappa shape index (κ1) is 19.7. The number of phenolic OH excluding ortho intramolecular Hbond substituents is 1. The normalized spacial score (nSPS) is 16.9. The van der Waals surface area contributed by atoms with E-state index in [0.717, 1.165) is 36.1 Å². The van der Waals surface area contributed by atoms with Crippen LogP contribution in [0.5, 0.6) is 5.75 Å². The van der Waals surface area contributed by atoms with Crippen molar-refractivity contribution in [3.63, 3.8) is 0 Å². The van der Waals surface area contributed by atoms with E-state index >= 15 is 0 Å². The van der Waals surface area contributed by atoms with Crippen LogP contribution < -0.4 is 0 Å². The first-order chi connectivity index (χ1) is 12.9. The molecule has 1 aromatic carbocycles. The molecule has 27 heavy (non-hydrogen) atoms. The lowest BCUT2D eigenvalue weighted by molar-refractivity contribution is -0.129. The van der Waals surface area contributed by atoms with Crippen molar-refractivity contribution in [3.8, 4) is 5.75 Å². The Morgan fingerprint density at radius 1 is 1.26 bits per heavy atom. The lowest BCUT2D eigenvalue weighted by Crippen LogP contribution is -2.34. The summed E-state index contributed by atoms with van der Waals surface area (Å²) < 4.78 is 0.